The van der Waals surface area contributed by atoms with Crippen molar-refractivity contribution in [2.45, 2.75) is 19.4 Å². The third-order valence-corrected chi connectivity index (χ3v) is 4.46. The molecular formula is C17H19N5O3. The summed E-state index contributed by atoms with van der Waals surface area (Å²) >= 11 is 0. The lowest BCUT2D eigenvalue weighted by Crippen LogP contribution is -2.33. The molecule has 4 rings (SSSR count). The van der Waals surface area contributed by atoms with Crippen LogP contribution in [0.1, 0.15) is 12.5 Å². The van der Waals surface area contributed by atoms with Crippen molar-refractivity contribution in [1.29, 1.82) is 0 Å². The van der Waals surface area contributed by atoms with Crippen molar-refractivity contribution < 1.29 is 14.3 Å². The molecule has 0 aliphatic carbocycles. The number of cyclic esters (lactones) is 1. The first kappa shape index (κ1) is 15.5. The summed E-state index contributed by atoms with van der Waals surface area (Å²) < 4.78 is 5.33. The van der Waals surface area contributed by atoms with Crippen LogP contribution in [0.2, 0.25) is 0 Å². The van der Waals surface area contributed by atoms with Crippen LogP contribution in [-0.4, -0.2) is 47.9 Å². The van der Waals surface area contributed by atoms with Gasteiger partial charge in [-0.2, -0.15) is 5.10 Å². The van der Waals surface area contributed by atoms with E-state index in [9.17, 15) is 9.59 Å². The van der Waals surface area contributed by atoms with Gasteiger partial charge in [-0.05, 0) is 24.1 Å². The van der Waals surface area contributed by atoms with E-state index < -0.39 is 0 Å². The Labute approximate surface area is 144 Å². The predicted molar refractivity (Wildman–Crippen MR) is 92.5 cm³/mol. The monoisotopic (exact) mass is 341 g/mol. The fourth-order valence-electron chi connectivity index (χ4n) is 3.24. The molecular weight excluding hydrogens is 322 g/mol. The first-order chi connectivity index (χ1) is 12.1. The number of nitrogens with zero attached hydrogens (tertiary/aromatic N) is 2. The molecule has 3 heterocycles. The van der Waals surface area contributed by atoms with E-state index in [1.807, 2.05) is 24.4 Å². The Kier molecular flexibility index (Phi) is 3.79. The van der Waals surface area contributed by atoms with E-state index in [-0.39, 0.29) is 18.1 Å². The number of H-pyrrole nitrogens is 1. The standard InChI is InChI=1S/C17H19N5O3/c1-10(23)19-7-13-9-22(17(24)25-13)12-2-3-14-11(6-12)4-5-18-15-8-20-21-16(14)15/h2-3,6,8,13,18H,4-5,7,9H2,1H3,(H,19,23)(H,20,21)/t13-/m0/s1. The second-order valence-corrected chi connectivity index (χ2v) is 6.22. The molecule has 8 heteroatoms. The van der Waals surface area contributed by atoms with Crippen LogP contribution in [0.15, 0.2) is 24.4 Å². The fourth-order valence-corrected chi connectivity index (χ4v) is 3.24. The summed E-state index contributed by atoms with van der Waals surface area (Å²) in [5, 5.41) is 13.2. The first-order valence-electron chi connectivity index (χ1n) is 8.25. The SMILES string of the molecule is CC(=O)NC[C@H]1CN(c2ccc3c(c2)CCNc2c[nH]nc2-3)C(=O)O1. The van der Waals surface area contributed by atoms with Gasteiger partial charge >= 0.3 is 6.09 Å². The number of carbonyl (C=O) groups is 2. The maximum Gasteiger partial charge on any atom is 0.414 e. The minimum atomic E-state index is -0.387. The Morgan fingerprint density at radius 1 is 1.48 bits per heavy atom. The molecule has 0 spiro atoms. The highest BCUT2D eigenvalue weighted by Crippen LogP contribution is 2.34. The third kappa shape index (κ3) is 2.90. The zero-order valence-corrected chi connectivity index (χ0v) is 13.8. The Morgan fingerprint density at radius 2 is 2.36 bits per heavy atom. The molecule has 0 saturated carbocycles. The summed E-state index contributed by atoms with van der Waals surface area (Å²) in [5.74, 6) is -0.137. The van der Waals surface area contributed by atoms with Gasteiger partial charge in [0.15, 0.2) is 0 Å². The van der Waals surface area contributed by atoms with Gasteiger partial charge in [-0.25, -0.2) is 4.79 Å². The number of carbonyl (C=O) groups excluding carboxylic acids is 2. The molecule has 2 aromatic rings. The molecule has 1 atom stereocenters. The summed E-state index contributed by atoms with van der Waals surface area (Å²) in [5.41, 5.74) is 4.88. The number of nitrogens with one attached hydrogen (secondary N) is 3. The summed E-state index contributed by atoms with van der Waals surface area (Å²) in [7, 11) is 0. The second kappa shape index (κ2) is 6.12. The van der Waals surface area contributed by atoms with E-state index in [2.05, 4.69) is 20.8 Å². The van der Waals surface area contributed by atoms with Crippen LogP contribution in [0.5, 0.6) is 0 Å². The Balaban J connectivity index is 1.58. The van der Waals surface area contributed by atoms with E-state index in [0.29, 0.717) is 13.1 Å². The van der Waals surface area contributed by atoms with Gasteiger partial charge < -0.3 is 15.4 Å². The zero-order valence-electron chi connectivity index (χ0n) is 13.8. The molecule has 0 unspecified atom stereocenters. The quantitative estimate of drug-likeness (QED) is 0.786. The van der Waals surface area contributed by atoms with Gasteiger partial charge in [-0.1, -0.05) is 6.07 Å². The van der Waals surface area contributed by atoms with Gasteiger partial charge in [-0.3, -0.25) is 14.8 Å². The minimum Gasteiger partial charge on any atom is -0.442 e. The number of fused-ring (bicyclic) bond motifs is 3. The van der Waals surface area contributed by atoms with Crippen molar-refractivity contribution in [2.75, 3.05) is 29.9 Å². The van der Waals surface area contributed by atoms with Crippen molar-refractivity contribution in [2.24, 2.45) is 0 Å². The molecule has 1 fully saturated rings. The molecule has 0 bridgehead atoms. The van der Waals surface area contributed by atoms with E-state index >= 15 is 0 Å². The molecule has 2 aliphatic heterocycles. The van der Waals surface area contributed by atoms with E-state index in [1.165, 1.54) is 6.92 Å². The number of amides is 2. The Bertz CT molecular complexity index is 831. The third-order valence-electron chi connectivity index (χ3n) is 4.46. The molecule has 2 aliphatic rings. The maximum atomic E-state index is 12.2. The zero-order chi connectivity index (χ0) is 17.4. The number of anilines is 2. The lowest BCUT2D eigenvalue weighted by Gasteiger charge is -2.15. The highest BCUT2D eigenvalue weighted by molar-refractivity contribution is 5.91. The van der Waals surface area contributed by atoms with Crippen molar-refractivity contribution >= 4 is 23.4 Å². The molecule has 25 heavy (non-hydrogen) atoms. The van der Waals surface area contributed by atoms with Crippen molar-refractivity contribution in [3.05, 3.63) is 30.0 Å². The maximum absolute atomic E-state index is 12.2. The van der Waals surface area contributed by atoms with Crippen molar-refractivity contribution in [3.63, 3.8) is 0 Å². The van der Waals surface area contributed by atoms with Crippen LogP contribution in [0, 0.1) is 0 Å². The number of aromatic amines is 1. The van der Waals surface area contributed by atoms with Gasteiger partial charge in [-0.15, -0.1) is 0 Å². The van der Waals surface area contributed by atoms with Crippen LogP contribution in [0.3, 0.4) is 0 Å². The highest BCUT2D eigenvalue weighted by Gasteiger charge is 2.32. The number of benzene rings is 1. The second-order valence-electron chi connectivity index (χ2n) is 6.22. The fraction of sp³-hybridized carbons (Fsp3) is 0.353. The smallest absolute Gasteiger partial charge is 0.414 e. The molecule has 1 saturated heterocycles. The summed E-state index contributed by atoms with van der Waals surface area (Å²) in [6.07, 6.45) is 1.97. The number of ether oxygens (including phenoxy) is 1. The summed E-state index contributed by atoms with van der Waals surface area (Å²) in [4.78, 5) is 24.8. The van der Waals surface area contributed by atoms with Gasteiger partial charge in [0.05, 0.1) is 18.8 Å². The average Bonchev–Trinajstić information content (AvgIpc) is 3.15. The number of rotatable bonds is 3. The van der Waals surface area contributed by atoms with Gasteiger partial charge in [0.2, 0.25) is 5.91 Å². The van der Waals surface area contributed by atoms with E-state index in [1.54, 1.807) is 4.90 Å². The lowest BCUT2D eigenvalue weighted by atomic mass is 10.0. The van der Waals surface area contributed by atoms with Crippen molar-refractivity contribution in [3.8, 4) is 11.3 Å². The average molecular weight is 341 g/mol. The Hall–Kier alpha value is -3.03. The first-order valence-corrected chi connectivity index (χ1v) is 8.25. The largest absolute Gasteiger partial charge is 0.442 e. The van der Waals surface area contributed by atoms with Gasteiger partial charge in [0.1, 0.15) is 11.8 Å². The molecule has 8 nitrogen and oxygen atoms in total. The summed E-state index contributed by atoms with van der Waals surface area (Å²) in [6.45, 7) is 2.99. The number of aromatic nitrogens is 2. The molecule has 2 amide bonds. The van der Waals surface area contributed by atoms with Crippen molar-refractivity contribution in [1.82, 2.24) is 15.5 Å². The van der Waals surface area contributed by atoms with Crippen LogP contribution in [-0.2, 0) is 16.0 Å². The summed E-state index contributed by atoms with van der Waals surface area (Å²) in [6, 6.07) is 5.92. The van der Waals surface area contributed by atoms with Gasteiger partial charge in [0, 0.05) is 30.9 Å². The van der Waals surface area contributed by atoms with E-state index in [4.69, 9.17) is 4.74 Å². The predicted octanol–water partition coefficient (Wildman–Crippen LogP) is 1.51. The molecule has 1 aromatic heterocycles. The normalized spacial score (nSPS) is 18.7. The van der Waals surface area contributed by atoms with Crippen LogP contribution in [0.4, 0.5) is 16.2 Å². The topological polar surface area (TPSA) is 99.4 Å². The number of hydrogen-bond acceptors (Lipinski definition) is 5. The molecule has 1 aromatic carbocycles. The molecule has 3 N–H and O–H groups in total. The van der Waals surface area contributed by atoms with Gasteiger partial charge in [0.25, 0.3) is 0 Å². The molecule has 130 valence electrons. The lowest BCUT2D eigenvalue weighted by molar-refractivity contribution is -0.119. The van der Waals surface area contributed by atoms with Crippen LogP contribution >= 0.6 is 0 Å². The van der Waals surface area contributed by atoms with Crippen LogP contribution in [0.25, 0.3) is 11.3 Å². The van der Waals surface area contributed by atoms with E-state index in [0.717, 1.165) is 41.2 Å². The number of hydrogen-bond donors (Lipinski definition) is 3. The highest BCUT2D eigenvalue weighted by atomic mass is 16.6. The minimum absolute atomic E-state index is 0.137. The molecule has 0 radical (unpaired) electrons. The Morgan fingerprint density at radius 3 is 3.20 bits per heavy atom. The van der Waals surface area contributed by atoms with Crippen LogP contribution < -0.4 is 15.5 Å².